The van der Waals surface area contributed by atoms with Crippen LogP contribution >= 0.6 is 15.9 Å². The Morgan fingerprint density at radius 2 is 2.23 bits per heavy atom. The molecule has 0 unspecified atom stereocenters. The second kappa shape index (κ2) is 3.87. The zero-order valence-corrected chi connectivity index (χ0v) is 8.18. The van der Waals surface area contributed by atoms with Gasteiger partial charge in [0.15, 0.2) is 11.5 Å². The number of hydrogen-bond donors (Lipinski definition) is 1. The standard InChI is InChI=1S/C7H6BrF2NO2/c1-13-5-3(12)2-11-6(8)4(5)7(9)10/h2,7,12H,1H3. The highest BCUT2D eigenvalue weighted by Gasteiger charge is 2.21. The fourth-order valence-electron chi connectivity index (χ4n) is 0.881. The molecular formula is C7H6BrF2NO2. The number of halogens is 3. The maximum absolute atomic E-state index is 12.4. The average Bonchev–Trinajstić information content (AvgIpc) is 2.07. The van der Waals surface area contributed by atoms with E-state index in [4.69, 9.17) is 5.11 Å². The van der Waals surface area contributed by atoms with Crippen LogP contribution in [0, 0.1) is 0 Å². The van der Waals surface area contributed by atoms with Gasteiger partial charge in [0.2, 0.25) is 0 Å². The van der Waals surface area contributed by atoms with Crippen LogP contribution in [0.4, 0.5) is 8.78 Å². The number of alkyl halides is 2. The van der Waals surface area contributed by atoms with Crippen molar-refractivity contribution in [1.29, 1.82) is 0 Å². The Hall–Kier alpha value is -0.910. The van der Waals surface area contributed by atoms with Crippen molar-refractivity contribution in [3.8, 4) is 11.5 Å². The molecule has 0 radical (unpaired) electrons. The summed E-state index contributed by atoms with van der Waals surface area (Å²) < 4.78 is 29.4. The molecule has 3 nitrogen and oxygen atoms in total. The lowest BCUT2D eigenvalue weighted by atomic mass is 10.2. The van der Waals surface area contributed by atoms with E-state index < -0.39 is 17.7 Å². The van der Waals surface area contributed by atoms with Gasteiger partial charge in [0.05, 0.1) is 18.9 Å². The molecule has 72 valence electrons. The van der Waals surface area contributed by atoms with E-state index in [1.165, 1.54) is 7.11 Å². The largest absolute Gasteiger partial charge is 0.503 e. The van der Waals surface area contributed by atoms with Crippen molar-refractivity contribution < 1.29 is 18.6 Å². The quantitative estimate of drug-likeness (QED) is 0.824. The first-order valence-electron chi connectivity index (χ1n) is 3.27. The molecule has 0 amide bonds. The molecule has 0 aromatic carbocycles. The van der Waals surface area contributed by atoms with Crippen molar-refractivity contribution in [2.75, 3.05) is 7.11 Å². The number of rotatable bonds is 2. The minimum Gasteiger partial charge on any atom is -0.503 e. The fourth-order valence-corrected chi connectivity index (χ4v) is 1.34. The van der Waals surface area contributed by atoms with E-state index in [9.17, 15) is 8.78 Å². The van der Waals surface area contributed by atoms with Gasteiger partial charge in [-0.2, -0.15) is 0 Å². The molecule has 0 saturated carbocycles. The Morgan fingerprint density at radius 3 is 2.62 bits per heavy atom. The summed E-state index contributed by atoms with van der Waals surface area (Å²) in [5.74, 6) is -0.655. The van der Waals surface area contributed by atoms with Gasteiger partial charge in [-0.25, -0.2) is 13.8 Å². The van der Waals surface area contributed by atoms with Crippen LogP contribution in [0.2, 0.25) is 0 Å². The fraction of sp³-hybridized carbons (Fsp3) is 0.286. The van der Waals surface area contributed by atoms with Crippen LogP contribution in [0.3, 0.4) is 0 Å². The topological polar surface area (TPSA) is 42.4 Å². The number of hydrogen-bond acceptors (Lipinski definition) is 3. The van der Waals surface area contributed by atoms with Gasteiger partial charge in [-0.1, -0.05) is 0 Å². The summed E-state index contributed by atoms with van der Waals surface area (Å²) in [5, 5.41) is 9.12. The van der Waals surface area contributed by atoms with Crippen molar-refractivity contribution in [2.24, 2.45) is 0 Å². The summed E-state index contributed by atoms with van der Waals surface area (Å²) in [4.78, 5) is 3.52. The van der Waals surface area contributed by atoms with Crippen molar-refractivity contribution in [3.05, 3.63) is 16.4 Å². The number of aromatic hydroxyl groups is 1. The Labute approximate surface area is 81.5 Å². The van der Waals surface area contributed by atoms with Crippen molar-refractivity contribution in [1.82, 2.24) is 4.98 Å². The molecule has 0 saturated heterocycles. The SMILES string of the molecule is COc1c(O)cnc(Br)c1C(F)F. The van der Waals surface area contributed by atoms with E-state index in [0.29, 0.717) is 0 Å². The second-order valence-corrected chi connectivity index (χ2v) is 2.93. The first-order chi connectivity index (χ1) is 6.07. The summed E-state index contributed by atoms with van der Waals surface area (Å²) >= 11 is 2.84. The Morgan fingerprint density at radius 1 is 1.62 bits per heavy atom. The molecule has 6 heteroatoms. The maximum atomic E-state index is 12.4. The van der Waals surface area contributed by atoms with Crippen LogP contribution in [0.1, 0.15) is 12.0 Å². The highest BCUT2D eigenvalue weighted by atomic mass is 79.9. The summed E-state index contributed by atoms with van der Waals surface area (Å²) in [6, 6.07) is 0. The molecule has 1 N–H and O–H groups in total. The lowest BCUT2D eigenvalue weighted by molar-refractivity contribution is 0.144. The van der Waals surface area contributed by atoms with Crippen LogP contribution in [-0.4, -0.2) is 17.2 Å². The smallest absolute Gasteiger partial charge is 0.270 e. The number of aromatic nitrogens is 1. The third-order valence-electron chi connectivity index (χ3n) is 1.42. The molecule has 0 aliphatic heterocycles. The van der Waals surface area contributed by atoms with E-state index in [0.717, 1.165) is 6.20 Å². The van der Waals surface area contributed by atoms with E-state index in [1.54, 1.807) is 0 Å². The third-order valence-corrected chi connectivity index (χ3v) is 2.05. The lowest BCUT2D eigenvalue weighted by Gasteiger charge is -2.09. The molecule has 0 aliphatic carbocycles. The minimum absolute atomic E-state index is 0.0304. The molecule has 0 aliphatic rings. The molecule has 1 aromatic rings. The lowest BCUT2D eigenvalue weighted by Crippen LogP contribution is -1.96. The molecule has 13 heavy (non-hydrogen) atoms. The number of pyridine rings is 1. The third kappa shape index (κ3) is 1.88. The van der Waals surface area contributed by atoms with Gasteiger partial charge in [0, 0.05) is 0 Å². The van der Waals surface area contributed by atoms with Gasteiger partial charge < -0.3 is 9.84 Å². The van der Waals surface area contributed by atoms with E-state index >= 15 is 0 Å². The molecule has 0 bridgehead atoms. The highest BCUT2D eigenvalue weighted by Crippen LogP contribution is 2.39. The Bertz CT molecular complexity index is 320. The minimum atomic E-state index is -2.75. The van der Waals surface area contributed by atoms with Crippen molar-refractivity contribution in [3.63, 3.8) is 0 Å². The van der Waals surface area contributed by atoms with E-state index in [2.05, 4.69) is 25.7 Å². The molecule has 0 spiro atoms. The van der Waals surface area contributed by atoms with E-state index in [-0.39, 0.29) is 10.4 Å². The van der Waals surface area contributed by atoms with Crippen molar-refractivity contribution in [2.45, 2.75) is 6.43 Å². The Kier molecular flexibility index (Phi) is 3.02. The van der Waals surface area contributed by atoms with Gasteiger partial charge in [-0.05, 0) is 15.9 Å². The zero-order chi connectivity index (χ0) is 10.0. The first kappa shape index (κ1) is 10.2. The van der Waals surface area contributed by atoms with Crippen molar-refractivity contribution >= 4 is 15.9 Å². The van der Waals surface area contributed by atoms with Crippen LogP contribution < -0.4 is 4.74 Å². The van der Waals surface area contributed by atoms with Gasteiger partial charge >= 0.3 is 0 Å². The van der Waals surface area contributed by atoms with Gasteiger partial charge in [0.1, 0.15) is 4.60 Å². The number of methoxy groups -OCH3 is 1. The highest BCUT2D eigenvalue weighted by molar-refractivity contribution is 9.10. The molecule has 0 fully saturated rings. The second-order valence-electron chi connectivity index (χ2n) is 2.18. The van der Waals surface area contributed by atoms with Gasteiger partial charge in [-0.3, -0.25) is 0 Å². The van der Waals surface area contributed by atoms with Gasteiger partial charge in [-0.15, -0.1) is 0 Å². The predicted molar refractivity (Wildman–Crippen MR) is 45.1 cm³/mol. The average molecular weight is 254 g/mol. The summed E-state index contributed by atoms with van der Waals surface area (Å²) in [7, 11) is 1.20. The van der Waals surface area contributed by atoms with Crippen LogP contribution in [0.15, 0.2) is 10.8 Å². The molecule has 1 aromatic heterocycles. The van der Waals surface area contributed by atoms with Crippen LogP contribution in [0.5, 0.6) is 11.5 Å². The monoisotopic (exact) mass is 253 g/mol. The molecular weight excluding hydrogens is 248 g/mol. The summed E-state index contributed by atoms with van der Waals surface area (Å²) in [5.41, 5.74) is -0.442. The van der Waals surface area contributed by atoms with Gasteiger partial charge in [0.25, 0.3) is 6.43 Å². The predicted octanol–water partition coefficient (Wildman–Crippen LogP) is 2.50. The first-order valence-corrected chi connectivity index (χ1v) is 4.06. The van der Waals surface area contributed by atoms with Crippen LogP contribution in [-0.2, 0) is 0 Å². The Balaban J connectivity index is 3.35. The number of nitrogens with zero attached hydrogens (tertiary/aromatic N) is 1. The maximum Gasteiger partial charge on any atom is 0.270 e. The summed E-state index contributed by atoms with van der Waals surface area (Å²) in [6.45, 7) is 0. The zero-order valence-electron chi connectivity index (χ0n) is 6.59. The molecule has 1 heterocycles. The van der Waals surface area contributed by atoms with Crippen LogP contribution in [0.25, 0.3) is 0 Å². The number of ether oxygens (including phenoxy) is 1. The normalized spacial score (nSPS) is 10.5. The molecule has 1 rings (SSSR count). The van der Waals surface area contributed by atoms with E-state index in [1.807, 2.05) is 0 Å². The molecule has 0 atom stereocenters. The summed E-state index contributed by atoms with van der Waals surface area (Å²) in [6.07, 6.45) is -1.71.